The molecule has 0 unspecified atom stereocenters. The van der Waals surface area contributed by atoms with Crippen molar-refractivity contribution < 1.29 is 4.79 Å². The number of hydrogen-bond acceptors (Lipinski definition) is 3. The first-order valence-electron chi connectivity index (χ1n) is 4.88. The Labute approximate surface area is 83.1 Å². The highest BCUT2D eigenvalue weighted by Gasteiger charge is 2.47. The number of carbonyl (C=O) groups excluding carboxylic acids is 1. The largest absolute Gasteiger partial charge is 0.329 e. The molecule has 1 aromatic heterocycles. The lowest BCUT2D eigenvalue weighted by Crippen LogP contribution is -2.26. The molecule has 1 aromatic rings. The van der Waals surface area contributed by atoms with Gasteiger partial charge in [-0.05, 0) is 18.9 Å². The van der Waals surface area contributed by atoms with Crippen molar-refractivity contribution in [3.05, 3.63) is 18.0 Å². The Morgan fingerprint density at radius 1 is 1.71 bits per heavy atom. The van der Waals surface area contributed by atoms with Gasteiger partial charge in [0.25, 0.3) is 0 Å². The fourth-order valence-electron chi connectivity index (χ4n) is 1.66. The number of aryl methyl sites for hydroxylation is 1. The number of hydrogen-bond donors (Lipinski definition) is 1. The van der Waals surface area contributed by atoms with Crippen LogP contribution in [0.15, 0.2) is 12.3 Å². The molecule has 0 amide bonds. The van der Waals surface area contributed by atoms with Crippen LogP contribution >= 0.6 is 0 Å². The summed E-state index contributed by atoms with van der Waals surface area (Å²) in [5.74, 6) is 0.249. The lowest BCUT2D eigenvalue weighted by atomic mass is 9.98. The molecule has 0 bridgehead atoms. The van der Waals surface area contributed by atoms with E-state index in [0.29, 0.717) is 13.0 Å². The molecule has 0 spiro atoms. The Hall–Kier alpha value is -1.16. The van der Waals surface area contributed by atoms with Gasteiger partial charge in [-0.1, -0.05) is 0 Å². The number of Topliss-reactive ketones (excluding diaryl/α,β-unsaturated/α-hetero) is 1. The highest BCUT2D eigenvalue weighted by Crippen LogP contribution is 2.45. The van der Waals surface area contributed by atoms with Gasteiger partial charge in [-0.2, -0.15) is 5.10 Å². The summed E-state index contributed by atoms with van der Waals surface area (Å²) in [4.78, 5) is 11.8. The summed E-state index contributed by atoms with van der Waals surface area (Å²) in [6.45, 7) is 0.485. The van der Waals surface area contributed by atoms with Gasteiger partial charge in [0.15, 0.2) is 0 Å². The number of rotatable bonds is 4. The molecule has 14 heavy (non-hydrogen) atoms. The number of ketones is 1. The molecule has 4 nitrogen and oxygen atoms in total. The van der Waals surface area contributed by atoms with Gasteiger partial charge in [0.1, 0.15) is 5.78 Å². The standard InChI is InChI=1S/C10H15N3O/c1-13-5-2-8(12-13)6-9(14)10(7-11)3-4-10/h2,5H,3-4,6-7,11H2,1H3. The monoisotopic (exact) mass is 193 g/mol. The van der Waals surface area contributed by atoms with Crippen LogP contribution < -0.4 is 5.73 Å². The molecule has 76 valence electrons. The number of carbonyl (C=O) groups is 1. The molecule has 1 aliphatic rings. The maximum absolute atomic E-state index is 11.8. The third-order valence-electron chi connectivity index (χ3n) is 2.95. The number of aromatic nitrogens is 2. The molecule has 0 saturated heterocycles. The predicted molar refractivity (Wildman–Crippen MR) is 52.6 cm³/mol. The van der Waals surface area contributed by atoms with E-state index >= 15 is 0 Å². The molecule has 1 aliphatic carbocycles. The fourth-order valence-corrected chi connectivity index (χ4v) is 1.66. The second-order valence-electron chi connectivity index (χ2n) is 4.07. The van der Waals surface area contributed by atoms with E-state index in [1.165, 1.54) is 0 Å². The zero-order valence-corrected chi connectivity index (χ0v) is 8.36. The second-order valence-corrected chi connectivity index (χ2v) is 4.07. The molecular formula is C10H15N3O. The van der Waals surface area contributed by atoms with Gasteiger partial charge in [0.05, 0.1) is 12.1 Å². The maximum Gasteiger partial charge on any atom is 0.146 e. The summed E-state index contributed by atoms with van der Waals surface area (Å²) < 4.78 is 1.71. The normalized spacial score (nSPS) is 18.1. The Bertz CT molecular complexity index is 352. The summed E-state index contributed by atoms with van der Waals surface area (Å²) >= 11 is 0. The quantitative estimate of drug-likeness (QED) is 0.746. The minimum absolute atomic E-state index is 0.197. The average molecular weight is 193 g/mol. The molecule has 2 rings (SSSR count). The lowest BCUT2D eigenvalue weighted by molar-refractivity contribution is -0.123. The first-order chi connectivity index (χ1) is 6.66. The van der Waals surface area contributed by atoms with Gasteiger partial charge < -0.3 is 5.73 Å². The summed E-state index contributed by atoms with van der Waals surface area (Å²) in [6, 6.07) is 1.88. The van der Waals surface area contributed by atoms with Crippen molar-refractivity contribution in [3.63, 3.8) is 0 Å². The Morgan fingerprint density at radius 3 is 2.86 bits per heavy atom. The minimum atomic E-state index is -0.197. The third-order valence-corrected chi connectivity index (χ3v) is 2.95. The molecule has 2 N–H and O–H groups in total. The van der Waals surface area contributed by atoms with E-state index in [4.69, 9.17) is 5.73 Å². The summed E-state index contributed by atoms with van der Waals surface area (Å²) in [5.41, 5.74) is 6.23. The molecule has 0 radical (unpaired) electrons. The van der Waals surface area contributed by atoms with Crippen LogP contribution in [-0.2, 0) is 18.3 Å². The molecular weight excluding hydrogens is 178 g/mol. The van der Waals surface area contributed by atoms with E-state index in [2.05, 4.69) is 5.10 Å². The van der Waals surface area contributed by atoms with Crippen molar-refractivity contribution >= 4 is 5.78 Å². The summed E-state index contributed by atoms with van der Waals surface area (Å²) in [5, 5.41) is 4.18. The molecule has 0 aliphatic heterocycles. The highest BCUT2D eigenvalue weighted by atomic mass is 16.1. The van der Waals surface area contributed by atoms with Crippen LogP contribution in [-0.4, -0.2) is 22.1 Å². The van der Waals surface area contributed by atoms with Crippen LogP contribution in [0.2, 0.25) is 0 Å². The molecule has 0 atom stereocenters. The smallest absolute Gasteiger partial charge is 0.146 e. The van der Waals surface area contributed by atoms with Crippen LogP contribution in [0.25, 0.3) is 0 Å². The van der Waals surface area contributed by atoms with Crippen molar-refractivity contribution in [1.82, 2.24) is 9.78 Å². The van der Waals surface area contributed by atoms with Crippen molar-refractivity contribution in [2.75, 3.05) is 6.54 Å². The molecule has 4 heteroatoms. The third kappa shape index (κ3) is 1.57. The number of nitrogens with zero attached hydrogens (tertiary/aromatic N) is 2. The van der Waals surface area contributed by atoms with E-state index in [0.717, 1.165) is 18.5 Å². The highest BCUT2D eigenvalue weighted by molar-refractivity contribution is 5.89. The predicted octanol–water partition coefficient (Wildman–Crippen LogP) is 0.271. The SMILES string of the molecule is Cn1ccc(CC(=O)C2(CN)CC2)n1. The van der Waals surface area contributed by atoms with Crippen LogP contribution in [0.3, 0.4) is 0 Å². The van der Waals surface area contributed by atoms with Crippen molar-refractivity contribution in [2.24, 2.45) is 18.2 Å². The fraction of sp³-hybridized carbons (Fsp3) is 0.600. The van der Waals surface area contributed by atoms with Crippen LogP contribution in [0.4, 0.5) is 0 Å². The van der Waals surface area contributed by atoms with E-state index in [1.54, 1.807) is 4.68 Å². The second kappa shape index (κ2) is 3.20. The Morgan fingerprint density at radius 2 is 2.43 bits per heavy atom. The van der Waals surface area contributed by atoms with Gasteiger partial charge >= 0.3 is 0 Å². The average Bonchev–Trinajstić information content (AvgIpc) is 2.87. The zero-order chi connectivity index (χ0) is 10.2. The summed E-state index contributed by atoms with van der Waals surface area (Å²) in [6.07, 6.45) is 4.19. The van der Waals surface area contributed by atoms with Crippen LogP contribution in [0.5, 0.6) is 0 Å². The van der Waals surface area contributed by atoms with Crippen molar-refractivity contribution in [3.8, 4) is 0 Å². The van der Waals surface area contributed by atoms with Crippen LogP contribution in [0, 0.1) is 5.41 Å². The first kappa shape index (κ1) is 9.40. The van der Waals surface area contributed by atoms with Gasteiger partial charge in [-0.15, -0.1) is 0 Å². The lowest BCUT2D eigenvalue weighted by Gasteiger charge is -2.08. The van der Waals surface area contributed by atoms with E-state index in [1.807, 2.05) is 19.3 Å². The van der Waals surface area contributed by atoms with Crippen molar-refractivity contribution in [2.45, 2.75) is 19.3 Å². The zero-order valence-electron chi connectivity index (χ0n) is 8.36. The minimum Gasteiger partial charge on any atom is -0.329 e. The van der Waals surface area contributed by atoms with E-state index < -0.39 is 0 Å². The van der Waals surface area contributed by atoms with Gasteiger partial charge in [0.2, 0.25) is 0 Å². The Kier molecular flexibility index (Phi) is 2.15. The van der Waals surface area contributed by atoms with Gasteiger partial charge in [0, 0.05) is 25.2 Å². The maximum atomic E-state index is 11.8. The Balaban J connectivity index is 2.01. The van der Waals surface area contributed by atoms with Crippen LogP contribution in [0.1, 0.15) is 18.5 Å². The van der Waals surface area contributed by atoms with Crippen molar-refractivity contribution in [1.29, 1.82) is 0 Å². The van der Waals surface area contributed by atoms with E-state index in [9.17, 15) is 4.79 Å². The van der Waals surface area contributed by atoms with E-state index in [-0.39, 0.29) is 11.2 Å². The molecule has 0 aromatic carbocycles. The number of nitrogens with two attached hydrogens (primary N) is 1. The van der Waals surface area contributed by atoms with Gasteiger partial charge in [-0.3, -0.25) is 9.48 Å². The summed E-state index contributed by atoms with van der Waals surface area (Å²) in [7, 11) is 1.85. The molecule has 1 saturated carbocycles. The topological polar surface area (TPSA) is 60.9 Å². The first-order valence-corrected chi connectivity index (χ1v) is 4.88. The molecule has 1 fully saturated rings. The van der Waals surface area contributed by atoms with Gasteiger partial charge in [-0.25, -0.2) is 0 Å². The molecule has 1 heterocycles.